The zero-order chi connectivity index (χ0) is 23.3. The molecular formula is C21H26F4N4O3. The minimum Gasteiger partial charge on any atom is -0.508 e. The predicted octanol–water partition coefficient (Wildman–Crippen LogP) is 4.25. The fraction of sp³-hybridized carbons (Fsp3) is 0.571. The van der Waals surface area contributed by atoms with E-state index in [0.29, 0.717) is 24.1 Å². The standard InChI is InChI=1S/C19H25FN4O.C2HF3O2/c20-16-5-6-19(25)15(11-16)12-23-9-7-17(8-10-23)24-13-18(21-22-24)14-3-1-2-4-14;3-2(4,5)1(6)7/h5-6,11,13-14,17,25H,1-4,7-10,12H2;(H,6,7). The van der Waals surface area contributed by atoms with Crippen LogP contribution in [0.5, 0.6) is 5.75 Å². The third-order valence-corrected chi connectivity index (χ3v) is 5.91. The molecule has 0 bridgehead atoms. The van der Waals surface area contributed by atoms with Crippen molar-refractivity contribution in [2.24, 2.45) is 0 Å². The van der Waals surface area contributed by atoms with E-state index in [0.717, 1.165) is 31.6 Å². The summed E-state index contributed by atoms with van der Waals surface area (Å²) in [6, 6.07) is 4.53. The Morgan fingerprint density at radius 2 is 1.75 bits per heavy atom. The maximum Gasteiger partial charge on any atom is 0.490 e. The lowest BCUT2D eigenvalue weighted by Crippen LogP contribution is -2.34. The maximum absolute atomic E-state index is 13.4. The van der Waals surface area contributed by atoms with E-state index in [1.165, 1.54) is 43.9 Å². The molecule has 4 rings (SSSR count). The number of halogens is 4. The van der Waals surface area contributed by atoms with Crippen LogP contribution in [0.3, 0.4) is 0 Å². The lowest BCUT2D eigenvalue weighted by atomic mass is 10.0. The Morgan fingerprint density at radius 1 is 1.12 bits per heavy atom. The molecule has 1 aliphatic heterocycles. The second kappa shape index (κ2) is 10.3. The smallest absolute Gasteiger partial charge is 0.490 e. The molecule has 176 valence electrons. The van der Waals surface area contributed by atoms with E-state index in [9.17, 15) is 22.7 Å². The van der Waals surface area contributed by atoms with Crippen LogP contribution in [0.25, 0.3) is 0 Å². The molecule has 7 nitrogen and oxygen atoms in total. The normalized spacial score (nSPS) is 18.4. The Hall–Kier alpha value is -2.69. The lowest BCUT2D eigenvalue weighted by molar-refractivity contribution is -0.192. The summed E-state index contributed by atoms with van der Waals surface area (Å²) in [5.74, 6) is -2.29. The highest BCUT2D eigenvalue weighted by atomic mass is 19.4. The Labute approximate surface area is 182 Å². The molecule has 1 saturated heterocycles. The summed E-state index contributed by atoms with van der Waals surface area (Å²) in [5, 5.41) is 25.8. The summed E-state index contributed by atoms with van der Waals surface area (Å²) in [5.41, 5.74) is 1.81. The minimum atomic E-state index is -5.08. The topological polar surface area (TPSA) is 91.5 Å². The molecule has 32 heavy (non-hydrogen) atoms. The lowest BCUT2D eigenvalue weighted by Gasteiger charge is -2.31. The predicted molar refractivity (Wildman–Crippen MR) is 107 cm³/mol. The molecule has 1 aromatic heterocycles. The molecule has 11 heteroatoms. The van der Waals surface area contributed by atoms with Crippen LogP contribution in [-0.4, -0.2) is 55.3 Å². The average molecular weight is 458 g/mol. The zero-order valence-electron chi connectivity index (χ0n) is 17.4. The van der Waals surface area contributed by atoms with Gasteiger partial charge in [0, 0.05) is 37.3 Å². The minimum absolute atomic E-state index is 0.168. The van der Waals surface area contributed by atoms with Gasteiger partial charge in [0.25, 0.3) is 0 Å². The Bertz CT molecular complexity index is 905. The van der Waals surface area contributed by atoms with Crippen molar-refractivity contribution in [2.75, 3.05) is 13.1 Å². The van der Waals surface area contributed by atoms with Crippen molar-refractivity contribution in [1.29, 1.82) is 0 Å². The van der Waals surface area contributed by atoms with Gasteiger partial charge < -0.3 is 10.2 Å². The third kappa shape index (κ3) is 6.41. The van der Waals surface area contributed by atoms with Crippen molar-refractivity contribution in [3.05, 3.63) is 41.5 Å². The third-order valence-electron chi connectivity index (χ3n) is 5.91. The number of phenols is 1. The molecule has 2 fully saturated rings. The van der Waals surface area contributed by atoms with Crippen LogP contribution in [0.15, 0.2) is 24.4 Å². The Morgan fingerprint density at radius 3 is 2.34 bits per heavy atom. The van der Waals surface area contributed by atoms with Crippen molar-refractivity contribution in [3.8, 4) is 5.75 Å². The van der Waals surface area contributed by atoms with Crippen LogP contribution in [0.1, 0.15) is 61.7 Å². The summed E-state index contributed by atoms with van der Waals surface area (Å²) in [4.78, 5) is 11.2. The fourth-order valence-corrected chi connectivity index (χ4v) is 4.14. The van der Waals surface area contributed by atoms with Crippen LogP contribution in [0.4, 0.5) is 17.6 Å². The van der Waals surface area contributed by atoms with Crippen LogP contribution < -0.4 is 0 Å². The molecule has 1 aromatic carbocycles. The number of alkyl halides is 3. The Kier molecular flexibility index (Phi) is 7.70. The number of carboxylic acid groups (broad SMARTS) is 1. The summed E-state index contributed by atoms with van der Waals surface area (Å²) >= 11 is 0. The van der Waals surface area contributed by atoms with Gasteiger partial charge in [0.15, 0.2) is 0 Å². The fourth-order valence-electron chi connectivity index (χ4n) is 4.14. The monoisotopic (exact) mass is 458 g/mol. The summed E-state index contributed by atoms with van der Waals surface area (Å²) in [6.07, 6.45) is 4.18. The van der Waals surface area contributed by atoms with E-state index in [4.69, 9.17) is 9.90 Å². The highest BCUT2D eigenvalue weighted by Gasteiger charge is 2.38. The second-order valence-electron chi connectivity index (χ2n) is 8.19. The van der Waals surface area contributed by atoms with E-state index in [1.807, 2.05) is 4.68 Å². The zero-order valence-corrected chi connectivity index (χ0v) is 17.4. The largest absolute Gasteiger partial charge is 0.508 e. The van der Waals surface area contributed by atoms with Gasteiger partial charge in [0.05, 0.1) is 11.7 Å². The highest BCUT2D eigenvalue weighted by Crippen LogP contribution is 2.33. The van der Waals surface area contributed by atoms with Crippen LogP contribution in [0.2, 0.25) is 0 Å². The van der Waals surface area contributed by atoms with E-state index in [2.05, 4.69) is 21.4 Å². The summed E-state index contributed by atoms with van der Waals surface area (Å²) in [6.45, 7) is 2.42. The van der Waals surface area contributed by atoms with Crippen molar-refractivity contribution in [2.45, 2.75) is 63.2 Å². The van der Waals surface area contributed by atoms with Gasteiger partial charge >= 0.3 is 12.1 Å². The molecule has 1 aliphatic carbocycles. The molecule has 0 radical (unpaired) electrons. The first-order chi connectivity index (χ1) is 15.1. The second-order valence-corrected chi connectivity index (χ2v) is 8.19. The van der Waals surface area contributed by atoms with Gasteiger partial charge in [-0.2, -0.15) is 13.2 Å². The molecule has 2 aliphatic rings. The van der Waals surface area contributed by atoms with Crippen LogP contribution in [0, 0.1) is 5.82 Å². The van der Waals surface area contributed by atoms with Gasteiger partial charge in [-0.1, -0.05) is 18.1 Å². The SMILES string of the molecule is O=C(O)C(F)(F)F.Oc1ccc(F)cc1CN1CCC(n2cc(C3CCCC3)nn2)CC1. The molecule has 2 aromatic rings. The van der Waals surface area contributed by atoms with Crippen LogP contribution in [-0.2, 0) is 11.3 Å². The quantitative estimate of drug-likeness (QED) is 0.666. The van der Waals surface area contributed by atoms with Crippen LogP contribution >= 0.6 is 0 Å². The number of nitrogens with zero attached hydrogens (tertiary/aromatic N) is 4. The first kappa shape index (κ1) is 24.0. The number of likely N-dealkylation sites (tertiary alicyclic amines) is 1. The van der Waals surface area contributed by atoms with Gasteiger partial charge in [-0.25, -0.2) is 13.9 Å². The Balaban J connectivity index is 0.000000360. The van der Waals surface area contributed by atoms with E-state index in [1.54, 1.807) is 0 Å². The van der Waals surface area contributed by atoms with Gasteiger partial charge in [-0.05, 0) is 43.9 Å². The van der Waals surface area contributed by atoms with Gasteiger partial charge in [-0.3, -0.25) is 4.90 Å². The van der Waals surface area contributed by atoms with Crippen molar-refractivity contribution in [3.63, 3.8) is 0 Å². The molecule has 1 saturated carbocycles. The van der Waals surface area contributed by atoms with Crippen molar-refractivity contribution in [1.82, 2.24) is 19.9 Å². The van der Waals surface area contributed by atoms with E-state index >= 15 is 0 Å². The number of hydrogen-bond acceptors (Lipinski definition) is 5. The molecule has 0 unspecified atom stereocenters. The number of rotatable bonds is 4. The number of phenolic OH excluding ortho intramolecular Hbond substituents is 1. The van der Waals surface area contributed by atoms with E-state index in [-0.39, 0.29) is 11.6 Å². The van der Waals surface area contributed by atoms with Gasteiger partial charge in [-0.15, -0.1) is 5.10 Å². The molecule has 0 spiro atoms. The number of benzene rings is 1. The number of carboxylic acids is 1. The molecule has 2 N–H and O–H groups in total. The number of piperidine rings is 1. The summed E-state index contributed by atoms with van der Waals surface area (Å²) in [7, 11) is 0. The molecule has 2 heterocycles. The highest BCUT2D eigenvalue weighted by molar-refractivity contribution is 5.73. The van der Waals surface area contributed by atoms with Crippen molar-refractivity contribution < 1.29 is 32.6 Å². The first-order valence-corrected chi connectivity index (χ1v) is 10.5. The van der Waals surface area contributed by atoms with Gasteiger partial charge in [0.2, 0.25) is 0 Å². The van der Waals surface area contributed by atoms with Gasteiger partial charge in [0.1, 0.15) is 11.6 Å². The van der Waals surface area contributed by atoms with E-state index < -0.39 is 12.1 Å². The number of aliphatic carboxylic acids is 1. The number of aromatic hydroxyl groups is 1. The number of aromatic nitrogens is 3. The first-order valence-electron chi connectivity index (χ1n) is 10.5. The number of hydrogen-bond donors (Lipinski definition) is 2. The maximum atomic E-state index is 13.4. The molecule has 0 atom stereocenters. The summed E-state index contributed by atoms with van der Waals surface area (Å²) < 4.78 is 47.1. The molecule has 0 amide bonds. The molecular weight excluding hydrogens is 432 g/mol. The van der Waals surface area contributed by atoms with Crippen molar-refractivity contribution >= 4 is 5.97 Å². The number of carbonyl (C=O) groups is 1. The average Bonchev–Trinajstić information content (AvgIpc) is 3.43.